The van der Waals surface area contributed by atoms with E-state index in [1.807, 2.05) is 24.3 Å². The maximum Gasteiger partial charge on any atom is 0.270 e. The molecule has 0 saturated carbocycles. The van der Waals surface area contributed by atoms with Crippen molar-refractivity contribution in [3.8, 4) is 5.75 Å². The first-order chi connectivity index (χ1) is 12.5. The van der Waals surface area contributed by atoms with Crippen molar-refractivity contribution in [1.82, 2.24) is 10.3 Å². The van der Waals surface area contributed by atoms with Gasteiger partial charge in [0.05, 0.1) is 18.6 Å². The number of nitrogens with one attached hydrogen (secondary N) is 2. The van der Waals surface area contributed by atoms with E-state index in [4.69, 9.17) is 4.74 Å². The molecule has 138 valence electrons. The Morgan fingerprint density at radius 2 is 2.12 bits per heavy atom. The average molecular weight is 375 g/mol. The maximum absolute atomic E-state index is 12.4. The molecule has 0 bridgehead atoms. The van der Waals surface area contributed by atoms with Crippen molar-refractivity contribution >= 4 is 21.4 Å². The molecule has 8 heteroatoms. The van der Waals surface area contributed by atoms with Gasteiger partial charge in [0, 0.05) is 30.0 Å². The predicted molar refractivity (Wildman–Crippen MR) is 99.1 cm³/mol. The van der Waals surface area contributed by atoms with Gasteiger partial charge in [-0.2, -0.15) is 0 Å². The highest BCUT2D eigenvalue weighted by Crippen LogP contribution is 2.19. The third-order valence-electron chi connectivity index (χ3n) is 4.23. The van der Waals surface area contributed by atoms with Gasteiger partial charge < -0.3 is 15.4 Å². The number of hydrogen-bond donors (Lipinski definition) is 2. The van der Waals surface area contributed by atoms with Gasteiger partial charge in [0.25, 0.3) is 5.91 Å². The van der Waals surface area contributed by atoms with Gasteiger partial charge in [-0.15, -0.1) is 0 Å². The number of carbonyl (C=O) groups excluding carboxylic acids is 1. The molecule has 1 aromatic carbocycles. The second-order valence-corrected chi connectivity index (χ2v) is 8.40. The van der Waals surface area contributed by atoms with E-state index in [-0.39, 0.29) is 29.1 Å². The Morgan fingerprint density at radius 1 is 1.31 bits per heavy atom. The van der Waals surface area contributed by atoms with Crippen LogP contribution in [0.15, 0.2) is 42.6 Å². The van der Waals surface area contributed by atoms with Crippen molar-refractivity contribution in [2.45, 2.75) is 19.0 Å². The Kier molecular flexibility index (Phi) is 5.41. The predicted octanol–water partition coefficient (Wildman–Crippen LogP) is 1.62. The molecule has 2 N–H and O–H groups in total. The normalized spacial score (nSPS) is 18.3. The first kappa shape index (κ1) is 18.2. The van der Waals surface area contributed by atoms with E-state index in [9.17, 15) is 13.2 Å². The molecule has 1 unspecified atom stereocenters. The van der Waals surface area contributed by atoms with Crippen LogP contribution in [0.4, 0.5) is 5.69 Å². The number of ether oxygens (including phenoxy) is 1. The molecule has 26 heavy (non-hydrogen) atoms. The van der Waals surface area contributed by atoms with Gasteiger partial charge in [-0.05, 0) is 24.6 Å². The number of benzene rings is 1. The van der Waals surface area contributed by atoms with Crippen LogP contribution >= 0.6 is 0 Å². The lowest BCUT2D eigenvalue weighted by Crippen LogP contribution is -2.25. The zero-order valence-electron chi connectivity index (χ0n) is 14.4. The van der Waals surface area contributed by atoms with Crippen LogP contribution in [-0.2, 0) is 16.4 Å². The van der Waals surface area contributed by atoms with Crippen molar-refractivity contribution < 1.29 is 17.9 Å². The van der Waals surface area contributed by atoms with Crippen LogP contribution in [0.2, 0.25) is 0 Å². The lowest BCUT2D eigenvalue weighted by Gasteiger charge is -2.13. The van der Waals surface area contributed by atoms with E-state index in [1.165, 1.54) is 6.20 Å². The number of para-hydroxylation sites is 1. The van der Waals surface area contributed by atoms with Crippen LogP contribution in [0.25, 0.3) is 0 Å². The van der Waals surface area contributed by atoms with Crippen LogP contribution < -0.4 is 15.4 Å². The van der Waals surface area contributed by atoms with Gasteiger partial charge in [0.1, 0.15) is 11.4 Å². The number of anilines is 1. The Hall–Kier alpha value is -2.61. The molecule has 1 atom stereocenters. The Bertz CT molecular complexity index is 899. The van der Waals surface area contributed by atoms with Gasteiger partial charge in [-0.1, -0.05) is 18.2 Å². The minimum absolute atomic E-state index is 0.116. The fraction of sp³-hybridized carbons (Fsp3) is 0.333. The summed E-state index contributed by atoms with van der Waals surface area (Å²) < 4.78 is 28.4. The van der Waals surface area contributed by atoms with Crippen molar-refractivity contribution in [1.29, 1.82) is 0 Å². The van der Waals surface area contributed by atoms with E-state index in [1.54, 1.807) is 19.2 Å². The van der Waals surface area contributed by atoms with Gasteiger partial charge in [-0.3, -0.25) is 9.78 Å². The number of methoxy groups -OCH3 is 1. The number of aromatic nitrogens is 1. The zero-order valence-corrected chi connectivity index (χ0v) is 15.3. The second kappa shape index (κ2) is 7.74. The summed E-state index contributed by atoms with van der Waals surface area (Å²) in [7, 11) is -1.37. The Balaban J connectivity index is 1.63. The van der Waals surface area contributed by atoms with E-state index < -0.39 is 9.84 Å². The smallest absolute Gasteiger partial charge is 0.270 e. The summed E-state index contributed by atoms with van der Waals surface area (Å²) in [5.41, 5.74) is 1.82. The van der Waals surface area contributed by atoms with Gasteiger partial charge in [-0.25, -0.2) is 8.42 Å². The molecule has 3 rings (SSSR count). The average Bonchev–Trinajstić information content (AvgIpc) is 2.98. The topological polar surface area (TPSA) is 97.4 Å². The molecule has 1 fully saturated rings. The van der Waals surface area contributed by atoms with Crippen LogP contribution in [0.1, 0.15) is 22.5 Å². The second-order valence-electron chi connectivity index (χ2n) is 6.17. The van der Waals surface area contributed by atoms with Crippen molar-refractivity contribution in [2.24, 2.45) is 0 Å². The summed E-state index contributed by atoms with van der Waals surface area (Å²) in [4.78, 5) is 16.5. The molecule has 7 nitrogen and oxygen atoms in total. The summed E-state index contributed by atoms with van der Waals surface area (Å²) in [5.74, 6) is 0.712. The molecule has 1 amide bonds. The molecule has 0 aliphatic carbocycles. The number of rotatable bonds is 6. The molecule has 2 heterocycles. The molecule has 1 aromatic heterocycles. The summed E-state index contributed by atoms with van der Waals surface area (Å²) in [6, 6.07) is 10.7. The van der Waals surface area contributed by atoms with Crippen LogP contribution in [0.5, 0.6) is 5.75 Å². The lowest BCUT2D eigenvalue weighted by molar-refractivity contribution is 0.0945. The highest BCUT2D eigenvalue weighted by Gasteiger charge is 2.27. The largest absolute Gasteiger partial charge is 0.496 e. The first-order valence-electron chi connectivity index (χ1n) is 8.30. The minimum atomic E-state index is -2.96. The lowest BCUT2D eigenvalue weighted by atomic mass is 10.2. The Morgan fingerprint density at radius 3 is 2.85 bits per heavy atom. The molecule has 1 aliphatic rings. The SMILES string of the molecule is COc1ccccc1CNC(=O)c1cc(NC2CCS(=O)(=O)C2)ccn1. The number of sulfone groups is 1. The van der Waals surface area contributed by atoms with Gasteiger partial charge in [0.15, 0.2) is 9.84 Å². The summed E-state index contributed by atoms with van der Waals surface area (Å²) in [6.07, 6.45) is 2.10. The van der Waals surface area contributed by atoms with E-state index in [0.717, 1.165) is 5.56 Å². The van der Waals surface area contributed by atoms with Crippen molar-refractivity contribution in [3.05, 3.63) is 53.9 Å². The molecular weight excluding hydrogens is 354 g/mol. The van der Waals surface area contributed by atoms with Crippen molar-refractivity contribution in [2.75, 3.05) is 23.9 Å². The van der Waals surface area contributed by atoms with Crippen molar-refractivity contribution in [3.63, 3.8) is 0 Å². The van der Waals surface area contributed by atoms with Gasteiger partial charge in [0.2, 0.25) is 0 Å². The number of hydrogen-bond acceptors (Lipinski definition) is 6. The number of amides is 1. The molecule has 2 aromatic rings. The summed E-state index contributed by atoms with van der Waals surface area (Å²) in [5, 5.41) is 5.98. The fourth-order valence-corrected chi connectivity index (χ4v) is 4.58. The summed E-state index contributed by atoms with van der Waals surface area (Å²) >= 11 is 0. The third kappa shape index (κ3) is 4.51. The molecule has 0 spiro atoms. The molecule has 1 aliphatic heterocycles. The van der Waals surface area contributed by atoms with E-state index >= 15 is 0 Å². The molecule has 0 radical (unpaired) electrons. The van der Waals surface area contributed by atoms with Crippen LogP contribution in [-0.4, -0.2) is 44.0 Å². The van der Waals surface area contributed by atoms with Crippen LogP contribution in [0.3, 0.4) is 0 Å². The van der Waals surface area contributed by atoms with E-state index in [2.05, 4.69) is 15.6 Å². The maximum atomic E-state index is 12.4. The Labute approximate surface area is 152 Å². The summed E-state index contributed by atoms with van der Waals surface area (Å²) in [6.45, 7) is 0.322. The molecular formula is C18H21N3O4S. The third-order valence-corrected chi connectivity index (χ3v) is 6.00. The number of pyridine rings is 1. The molecule has 1 saturated heterocycles. The zero-order chi connectivity index (χ0) is 18.6. The van der Waals surface area contributed by atoms with Gasteiger partial charge >= 0.3 is 0 Å². The quantitative estimate of drug-likeness (QED) is 0.796. The number of carbonyl (C=O) groups is 1. The van der Waals surface area contributed by atoms with Crippen LogP contribution in [0, 0.1) is 0 Å². The van der Waals surface area contributed by atoms with E-state index in [0.29, 0.717) is 24.4 Å². The highest BCUT2D eigenvalue weighted by molar-refractivity contribution is 7.91. The monoisotopic (exact) mass is 375 g/mol. The first-order valence-corrected chi connectivity index (χ1v) is 10.1. The minimum Gasteiger partial charge on any atom is -0.496 e. The fourth-order valence-electron chi connectivity index (χ4n) is 2.90. The number of nitrogens with zero attached hydrogens (tertiary/aromatic N) is 1. The highest BCUT2D eigenvalue weighted by atomic mass is 32.2. The standard InChI is InChI=1S/C18H21N3O4S/c1-25-17-5-3-2-4-13(17)11-20-18(22)16-10-14(6-8-19-16)21-15-7-9-26(23,24)12-15/h2-6,8,10,15H,7,9,11-12H2,1H3,(H,19,21)(H,20,22).